The van der Waals surface area contributed by atoms with Crippen molar-refractivity contribution in [3.8, 4) is 5.69 Å². The summed E-state index contributed by atoms with van der Waals surface area (Å²) in [4.78, 5) is 16.5. The number of carbonyl (C=O) groups excluding carboxylic acids is 1. The van der Waals surface area contributed by atoms with Crippen molar-refractivity contribution < 1.29 is 9.21 Å². The summed E-state index contributed by atoms with van der Waals surface area (Å²) in [6.45, 7) is 3.96. The highest BCUT2D eigenvalue weighted by Crippen LogP contribution is 2.27. The van der Waals surface area contributed by atoms with E-state index in [0.29, 0.717) is 20.9 Å². The van der Waals surface area contributed by atoms with Crippen LogP contribution in [0.25, 0.3) is 16.8 Å². The molecule has 31 heavy (non-hydrogen) atoms. The molecule has 0 saturated heterocycles. The number of fused-ring (bicyclic) bond motifs is 1. The molecule has 158 valence electrons. The Labute approximate surface area is 193 Å². The highest BCUT2D eigenvalue weighted by atomic mass is 35.5. The minimum Gasteiger partial charge on any atom is -0.431 e. The summed E-state index contributed by atoms with van der Waals surface area (Å²) in [6.07, 6.45) is 1.62. The maximum atomic E-state index is 12.1. The zero-order valence-corrected chi connectivity index (χ0v) is 19.1. The van der Waals surface area contributed by atoms with Gasteiger partial charge >= 0.3 is 0 Å². The summed E-state index contributed by atoms with van der Waals surface area (Å²) in [6, 6.07) is 14.9. The van der Waals surface area contributed by atoms with Crippen molar-refractivity contribution in [2.45, 2.75) is 19.1 Å². The van der Waals surface area contributed by atoms with Gasteiger partial charge in [0.05, 0.1) is 22.0 Å². The average Bonchev–Trinajstić information content (AvgIpc) is 3.29. The molecule has 4 aromatic rings. The molecule has 9 heteroatoms. The van der Waals surface area contributed by atoms with E-state index in [0.717, 1.165) is 28.2 Å². The van der Waals surface area contributed by atoms with Crippen LogP contribution in [0.15, 0.2) is 63.3 Å². The van der Waals surface area contributed by atoms with Gasteiger partial charge in [0.25, 0.3) is 11.1 Å². The second-order valence-electron chi connectivity index (χ2n) is 6.79. The second-order valence-corrected chi connectivity index (χ2v) is 8.53. The number of rotatable bonds is 6. The van der Waals surface area contributed by atoms with Crippen molar-refractivity contribution in [1.29, 1.82) is 0 Å². The van der Waals surface area contributed by atoms with Crippen molar-refractivity contribution in [3.63, 3.8) is 0 Å². The minimum atomic E-state index is -0.248. The average molecular weight is 473 g/mol. The van der Waals surface area contributed by atoms with Crippen LogP contribution in [0.3, 0.4) is 0 Å². The van der Waals surface area contributed by atoms with Gasteiger partial charge in [-0.2, -0.15) is 5.10 Å². The van der Waals surface area contributed by atoms with Gasteiger partial charge in [-0.15, -0.1) is 0 Å². The normalized spacial score (nSPS) is 11.5. The maximum absolute atomic E-state index is 12.1. The number of halogens is 2. The van der Waals surface area contributed by atoms with Gasteiger partial charge in [-0.05, 0) is 50.2 Å². The number of hydrazone groups is 1. The fourth-order valence-electron chi connectivity index (χ4n) is 3.19. The molecule has 0 fully saturated rings. The number of benzene rings is 2. The van der Waals surface area contributed by atoms with E-state index < -0.39 is 0 Å². The first kappa shape index (κ1) is 21.5. The third kappa shape index (κ3) is 4.79. The molecule has 0 aliphatic carbocycles. The Morgan fingerprint density at radius 2 is 2.00 bits per heavy atom. The van der Waals surface area contributed by atoms with Gasteiger partial charge in [-0.25, -0.2) is 10.4 Å². The second kappa shape index (κ2) is 9.18. The topological polar surface area (TPSA) is 72.4 Å². The zero-order valence-electron chi connectivity index (χ0n) is 16.7. The van der Waals surface area contributed by atoms with Crippen LogP contribution in [-0.4, -0.2) is 27.4 Å². The number of oxazole rings is 1. The molecule has 0 saturated carbocycles. The number of hydrogen-bond donors (Lipinski definition) is 1. The van der Waals surface area contributed by atoms with E-state index in [2.05, 4.69) is 20.1 Å². The molecule has 0 atom stereocenters. The van der Waals surface area contributed by atoms with E-state index in [1.54, 1.807) is 12.3 Å². The summed E-state index contributed by atoms with van der Waals surface area (Å²) >= 11 is 13.4. The Balaban J connectivity index is 1.39. The number of nitrogens with zero attached hydrogens (tertiary/aromatic N) is 3. The summed E-state index contributed by atoms with van der Waals surface area (Å²) in [7, 11) is 0. The molecule has 1 amide bonds. The predicted octanol–water partition coefficient (Wildman–Crippen LogP) is 5.78. The third-order valence-electron chi connectivity index (χ3n) is 4.63. The van der Waals surface area contributed by atoms with Gasteiger partial charge in [0.2, 0.25) is 0 Å². The fraction of sp³-hybridized carbons (Fsp3) is 0.136. The molecule has 4 rings (SSSR count). The number of aryl methyl sites for hydroxylation is 1. The molecule has 0 aliphatic rings. The lowest BCUT2D eigenvalue weighted by atomic mass is 10.2. The van der Waals surface area contributed by atoms with Gasteiger partial charge < -0.3 is 8.98 Å². The van der Waals surface area contributed by atoms with Crippen LogP contribution in [0.5, 0.6) is 0 Å². The number of aromatic nitrogens is 2. The Morgan fingerprint density at radius 1 is 1.19 bits per heavy atom. The van der Waals surface area contributed by atoms with Crippen LogP contribution < -0.4 is 5.43 Å². The predicted molar refractivity (Wildman–Crippen MR) is 126 cm³/mol. The molecule has 0 spiro atoms. The SMILES string of the molecule is Cc1cc(/C=N\NC(=O)CSc2nc3ccccc3o2)c(C)n1-c1ccc(Cl)c(Cl)c1. The van der Waals surface area contributed by atoms with Gasteiger partial charge in [0, 0.05) is 22.6 Å². The highest BCUT2D eigenvalue weighted by Gasteiger charge is 2.12. The van der Waals surface area contributed by atoms with E-state index in [4.69, 9.17) is 27.6 Å². The molecule has 0 aliphatic heterocycles. The molecule has 1 N–H and O–H groups in total. The first-order valence-electron chi connectivity index (χ1n) is 9.37. The maximum Gasteiger partial charge on any atom is 0.257 e. The van der Waals surface area contributed by atoms with Crippen molar-refractivity contribution in [2.75, 3.05) is 5.75 Å². The molecule has 2 aromatic heterocycles. The van der Waals surface area contributed by atoms with Crippen LogP contribution >= 0.6 is 35.0 Å². The molecular weight excluding hydrogens is 455 g/mol. The van der Waals surface area contributed by atoms with Crippen LogP contribution in [0.4, 0.5) is 0 Å². The summed E-state index contributed by atoms with van der Waals surface area (Å²) in [5, 5.41) is 5.54. The fourth-order valence-corrected chi connectivity index (χ4v) is 4.11. The molecule has 0 bridgehead atoms. The Hall–Kier alpha value is -2.74. The first-order valence-corrected chi connectivity index (χ1v) is 11.1. The third-order valence-corrected chi connectivity index (χ3v) is 6.19. The number of hydrogen-bond acceptors (Lipinski definition) is 5. The number of thioether (sulfide) groups is 1. The van der Waals surface area contributed by atoms with Crippen molar-refractivity contribution in [1.82, 2.24) is 15.0 Å². The number of nitrogens with one attached hydrogen (secondary N) is 1. The smallest absolute Gasteiger partial charge is 0.257 e. The Morgan fingerprint density at radius 3 is 2.77 bits per heavy atom. The summed E-state index contributed by atoms with van der Waals surface area (Å²) in [5.74, 6) is -0.103. The van der Waals surface area contributed by atoms with Crippen molar-refractivity contribution >= 4 is 58.2 Å². The van der Waals surface area contributed by atoms with Gasteiger partial charge in [0.15, 0.2) is 5.58 Å². The monoisotopic (exact) mass is 472 g/mol. The van der Waals surface area contributed by atoms with Gasteiger partial charge in [-0.1, -0.05) is 47.1 Å². The molecule has 0 unspecified atom stereocenters. The Bertz CT molecular complexity index is 1260. The van der Waals surface area contributed by atoms with E-state index in [9.17, 15) is 4.79 Å². The molecule has 2 heterocycles. The summed E-state index contributed by atoms with van der Waals surface area (Å²) < 4.78 is 7.64. The number of amides is 1. The van der Waals surface area contributed by atoms with E-state index in [1.807, 2.05) is 56.3 Å². The lowest BCUT2D eigenvalue weighted by Crippen LogP contribution is -2.19. The van der Waals surface area contributed by atoms with Crippen LogP contribution in [0, 0.1) is 13.8 Å². The largest absolute Gasteiger partial charge is 0.431 e. The molecular formula is C22H18Cl2N4O2S. The lowest BCUT2D eigenvalue weighted by molar-refractivity contribution is -0.118. The molecule has 6 nitrogen and oxygen atoms in total. The van der Waals surface area contributed by atoms with Crippen molar-refractivity contribution in [3.05, 3.63) is 75.5 Å². The first-order chi connectivity index (χ1) is 14.9. The van der Waals surface area contributed by atoms with E-state index in [-0.39, 0.29) is 11.7 Å². The van der Waals surface area contributed by atoms with Crippen LogP contribution in [0.2, 0.25) is 10.0 Å². The highest BCUT2D eigenvalue weighted by molar-refractivity contribution is 7.99. The minimum absolute atomic E-state index is 0.145. The quantitative estimate of drug-likeness (QED) is 0.219. The van der Waals surface area contributed by atoms with Gasteiger partial charge in [0.1, 0.15) is 5.52 Å². The zero-order chi connectivity index (χ0) is 22.0. The molecule has 2 aromatic carbocycles. The van der Waals surface area contributed by atoms with Crippen LogP contribution in [0.1, 0.15) is 17.0 Å². The van der Waals surface area contributed by atoms with Crippen LogP contribution in [-0.2, 0) is 4.79 Å². The Kier molecular flexibility index (Phi) is 6.36. The number of carbonyl (C=O) groups is 1. The van der Waals surface area contributed by atoms with Gasteiger partial charge in [-0.3, -0.25) is 4.79 Å². The molecule has 0 radical (unpaired) electrons. The van der Waals surface area contributed by atoms with Crippen molar-refractivity contribution in [2.24, 2.45) is 5.10 Å². The van der Waals surface area contributed by atoms with E-state index >= 15 is 0 Å². The summed E-state index contributed by atoms with van der Waals surface area (Å²) in [5.41, 5.74) is 7.77. The number of para-hydroxylation sites is 2. The van der Waals surface area contributed by atoms with E-state index in [1.165, 1.54) is 11.8 Å². The standard InChI is InChI=1S/C22H18Cl2N4O2S/c1-13-9-15(14(2)28(13)16-7-8-17(23)18(24)10-16)11-25-27-21(29)12-31-22-26-19-5-3-4-6-20(19)30-22/h3-11H,12H2,1-2H3,(H,27,29)/b25-11-. The lowest BCUT2D eigenvalue weighted by Gasteiger charge is -2.10.